The van der Waals surface area contributed by atoms with Gasteiger partial charge in [0.25, 0.3) is 5.91 Å². The van der Waals surface area contributed by atoms with E-state index in [1.807, 2.05) is 42.9 Å². The van der Waals surface area contributed by atoms with E-state index in [9.17, 15) is 0 Å². The number of nitrogens with zero attached hydrogens (tertiary/aromatic N) is 4. The molecule has 0 saturated heterocycles. The Morgan fingerprint density at radius 1 is 1.21 bits per heavy atom. The molecule has 1 aromatic carbocycles. The van der Waals surface area contributed by atoms with Gasteiger partial charge in [-0.25, -0.2) is 4.99 Å². The van der Waals surface area contributed by atoms with Gasteiger partial charge < -0.3 is 5.32 Å². The highest BCUT2D eigenvalue weighted by Gasteiger charge is 2.35. The van der Waals surface area contributed by atoms with E-state index >= 15 is 0 Å². The number of nitrogens with one attached hydrogen (secondary N) is 2. The Balaban J connectivity index is 1.67. The van der Waals surface area contributed by atoms with Gasteiger partial charge in [-0.1, -0.05) is 55.9 Å². The Morgan fingerprint density at radius 2 is 2.00 bits per heavy atom. The fourth-order valence-corrected chi connectivity index (χ4v) is 3.83. The van der Waals surface area contributed by atoms with Crippen molar-refractivity contribution < 1.29 is 0 Å². The molecule has 0 fully saturated rings. The van der Waals surface area contributed by atoms with Crippen molar-refractivity contribution in [1.29, 1.82) is 0 Å². The van der Waals surface area contributed by atoms with E-state index in [1.54, 1.807) is 10.9 Å². The lowest BCUT2D eigenvalue weighted by atomic mass is 10.0. The van der Waals surface area contributed by atoms with Gasteiger partial charge in [-0.05, 0) is 34.9 Å². The predicted octanol–water partition coefficient (Wildman–Crippen LogP) is 3.53. The standard InChI is InChI=1S/C21H25N7S/c1-14(2)18-13-25-28-19(18)26-20(29-3)27-21(28,22)24-12-16-11-23-10-9-17(16)15-7-5-4-6-8-15/h4-11,13-14,24H,12,22H2,1-3H3,(H,26,27). The molecule has 1 unspecified atom stereocenters. The number of amidine groups is 1. The van der Waals surface area contributed by atoms with E-state index in [2.05, 4.69) is 51.7 Å². The van der Waals surface area contributed by atoms with E-state index in [0.29, 0.717) is 12.5 Å². The molecular formula is C21H25N7S. The molecule has 4 rings (SSSR count). The third-order valence-corrected chi connectivity index (χ3v) is 5.54. The van der Waals surface area contributed by atoms with Crippen molar-refractivity contribution in [3.8, 4) is 11.1 Å². The monoisotopic (exact) mass is 407 g/mol. The topological polar surface area (TPSA) is 93.1 Å². The van der Waals surface area contributed by atoms with Crippen molar-refractivity contribution in [2.24, 2.45) is 10.7 Å². The number of hydrogen-bond acceptors (Lipinski definition) is 7. The summed E-state index contributed by atoms with van der Waals surface area (Å²) in [6.45, 7) is 4.77. The first kappa shape index (κ1) is 19.6. The zero-order chi connectivity index (χ0) is 20.4. The summed E-state index contributed by atoms with van der Waals surface area (Å²) in [4.78, 5) is 8.98. The molecule has 0 spiro atoms. The van der Waals surface area contributed by atoms with Gasteiger partial charge in [-0.2, -0.15) is 9.78 Å². The second-order valence-corrected chi connectivity index (χ2v) is 8.03. The van der Waals surface area contributed by atoms with Crippen LogP contribution in [0.2, 0.25) is 0 Å². The van der Waals surface area contributed by atoms with E-state index < -0.39 is 5.91 Å². The number of hydrogen-bond donors (Lipinski definition) is 3. The highest BCUT2D eigenvalue weighted by Crippen LogP contribution is 2.32. The molecule has 0 radical (unpaired) electrons. The maximum absolute atomic E-state index is 6.71. The van der Waals surface area contributed by atoms with Crippen LogP contribution >= 0.6 is 11.8 Å². The smallest absolute Gasteiger partial charge is 0.267 e. The molecule has 150 valence electrons. The summed E-state index contributed by atoms with van der Waals surface area (Å²) < 4.78 is 1.72. The van der Waals surface area contributed by atoms with Gasteiger partial charge in [0, 0.05) is 24.5 Å². The van der Waals surface area contributed by atoms with Crippen LogP contribution < -0.4 is 16.4 Å². The first-order valence-corrected chi connectivity index (χ1v) is 10.8. The van der Waals surface area contributed by atoms with Crippen LogP contribution in [0.25, 0.3) is 11.1 Å². The summed E-state index contributed by atoms with van der Waals surface area (Å²) in [5, 5.41) is 12.0. The predicted molar refractivity (Wildman–Crippen MR) is 120 cm³/mol. The van der Waals surface area contributed by atoms with Gasteiger partial charge in [-0.15, -0.1) is 0 Å². The van der Waals surface area contributed by atoms with Crippen LogP contribution in [0.15, 0.2) is 60.0 Å². The van der Waals surface area contributed by atoms with Crippen LogP contribution in [0.1, 0.15) is 30.9 Å². The second-order valence-electron chi connectivity index (χ2n) is 7.24. The average Bonchev–Trinajstić information content (AvgIpc) is 3.18. The molecule has 3 heterocycles. The number of aliphatic imine (C=N–C) groups is 1. The van der Waals surface area contributed by atoms with E-state index in [4.69, 9.17) is 5.73 Å². The SMILES string of the molecule is CSC1=NC(N)(NCc2cnccc2-c2ccccc2)n2ncc(C(C)C)c2N1. The lowest BCUT2D eigenvalue weighted by Crippen LogP contribution is -2.57. The first-order chi connectivity index (χ1) is 14.0. The molecule has 2 aromatic heterocycles. The molecule has 0 saturated carbocycles. The molecule has 7 nitrogen and oxygen atoms in total. The molecule has 0 amide bonds. The van der Waals surface area contributed by atoms with Crippen LogP contribution in [0, 0.1) is 0 Å². The zero-order valence-electron chi connectivity index (χ0n) is 16.8. The Hall–Kier alpha value is -2.68. The van der Waals surface area contributed by atoms with Gasteiger partial charge in [-0.3, -0.25) is 16.0 Å². The zero-order valence-corrected chi connectivity index (χ0v) is 17.6. The van der Waals surface area contributed by atoms with E-state index in [1.165, 1.54) is 11.8 Å². The maximum Gasteiger partial charge on any atom is 0.267 e. The molecule has 0 bridgehead atoms. The summed E-state index contributed by atoms with van der Waals surface area (Å²) in [5.41, 5.74) is 11.1. The van der Waals surface area contributed by atoms with Crippen molar-refractivity contribution in [3.05, 3.63) is 66.1 Å². The molecule has 1 aliphatic heterocycles. The quantitative estimate of drug-likeness (QED) is 0.560. The van der Waals surface area contributed by atoms with Crippen LogP contribution in [0.5, 0.6) is 0 Å². The van der Waals surface area contributed by atoms with Crippen LogP contribution in [0.3, 0.4) is 0 Å². The normalized spacial score (nSPS) is 18.3. The molecule has 4 N–H and O–H groups in total. The summed E-state index contributed by atoms with van der Waals surface area (Å²) in [6, 6.07) is 12.3. The number of thioether (sulfide) groups is 1. The number of anilines is 1. The van der Waals surface area contributed by atoms with E-state index in [-0.39, 0.29) is 0 Å². The third kappa shape index (κ3) is 3.78. The highest BCUT2D eigenvalue weighted by atomic mass is 32.2. The van der Waals surface area contributed by atoms with E-state index in [0.717, 1.165) is 33.2 Å². The molecule has 1 atom stereocenters. The summed E-state index contributed by atoms with van der Waals surface area (Å²) in [6.07, 6.45) is 7.50. The first-order valence-electron chi connectivity index (χ1n) is 9.53. The number of fused-ring (bicyclic) bond motifs is 1. The van der Waals surface area contributed by atoms with Crippen molar-refractivity contribution >= 4 is 22.7 Å². The number of aromatic nitrogens is 3. The molecule has 3 aromatic rings. The fourth-order valence-electron chi connectivity index (χ4n) is 3.40. The largest absolute Gasteiger partial charge is 0.319 e. The Labute approximate surface area is 174 Å². The minimum absolute atomic E-state index is 0.319. The van der Waals surface area contributed by atoms with Crippen LogP contribution in [-0.2, 0) is 12.5 Å². The number of nitrogens with two attached hydrogens (primary N) is 1. The highest BCUT2D eigenvalue weighted by molar-refractivity contribution is 8.13. The lowest BCUT2D eigenvalue weighted by molar-refractivity contribution is 0.210. The maximum atomic E-state index is 6.71. The fraction of sp³-hybridized carbons (Fsp3) is 0.286. The van der Waals surface area contributed by atoms with Gasteiger partial charge in [0.1, 0.15) is 5.82 Å². The third-order valence-electron chi connectivity index (χ3n) is 4.96. The average molecular weight is 408 g/mol. The second kappa shape index (κ2) is 7.98. The summed E-state index contributed by atoms with van der Waals surface area (Å²) in [5.74, 6) is 0.0131. The molecule has 29 heavy (non-hydrogen) atoms. The minimum atomic E-state index is -1.18. The Bertz CT molecular complexity index is 1030. The van der Waals surface area contributed by atoms with Crippen molar-refractivity contribution in [2.75, 3.05) is 11.6 Å². The van der Waals surface area contributed by atoms with Crippen molar-refractivity contribution in [1.82, 2.24) is 20.1 Å². The number of benzene rings is 1. The van der Waals surface area contributed by atoms with Crippen LogP contribution in [0.4, 0.5) is 5.82 Å². The number of pyridine rings is 1. The molecule has 8 heteroatoms. The van der Waals surface area contributed by atoms with Gasteiger partial charge >= 0.3 is 0 Å². The minimum Gasteiger partial charge on any atom is -0.319 e. The van der Waals surface area contributed by atoms with Crippen molar-refractivity contribution in [3.63, 3.8) is 0 Å². The summed E-state index contributed by atoms with van der Waals surface area (Å²) >= 11 is 1.52. The number of rotatable bonds is 5. The Morgan fingerprint density at radius 3 is 2.72 bits per heavy atom. The van der Waals surface area contributed by atoms with Gasteiger partial charge in [0.15, 0.2) is 5.17 Å². The molecule has 0 aliphatic carbocycles. The summed E-state index contributed by atoms with van der Waals surface area (Å²) in [7, 11) is 0. The lowest BCUT2D eigenvalue weighted by Gasteiger charge is -2.33. The molecule has 1 aliphatic rings. The van der Waals surface area contributed by atoms with Crippen LogP contribution in [-0.4, -0.2) is 26.2 Å². The van der Waals surface area contributed by atoms with Gasteiger partial charge in [0.05, 0.1) is 6.20 Å². The van der Waals surface area contributed by atoms with Crippen molar-refractivity contribution in [2.45, 2.75) is 32.2 Å². The van der Waals surface area contributed by atoms with Gasteiger partial charge in [0.2, 0.25) is 0 Å². The Kier molecular flexibility index (Phi) is 5.40. The molecular weight excluding hydrogens is 382 g/mol.